The quantitative estimate of drug-likeness (QED) is 0.239. The van der Waals surface area contributed by atoms with Crippen molar-refractivity contribution in [3.8, 4) is 0 Å². The first kappa shape index (κ1) is 26.0. The highest BCUT2D eigenvalue weighted by Crippen LogP contribution is 2.46. The van der Waals surface area contributed by atoms with Gasteiger partial charge in [-0.3, -0.25) is 0 Å². The van der Waals surface area contributed by atoms with E-state index in [2.05, 4.69) is 6.92 Å². The molecule has 0 aromatic heterocycles. The lowest BCUT2D eigenvalue weighted by atomic mass is 9.74. The SMILES string of the molecule is CCCC1CCC(C2CCOC(/C(CF)=C(/C)F)(c3c(F)c(F)c(F)c(F)c3F)OC2)CC1. The van der Waals surface area contributed by atoms with E-state index in [0.717, 1.165) is 45.4 Å². The molecular formula is C24H29F7O2. The first-order chi connectivity index (χ1) is 15.7. The zero-order valence-corrected chi connectivity index (χ0v) is 18.8. The fourth-order valence-corrected chi connectivity index (χ4v) is 5.20. The summed E-state index contributed by atoms with van der Waals surface area (Å²) in [5.41, 5.74) is -2.49. The van der Waals surface area contributed by atoms with Crippen molar-refractivity contribution in [1.29, 1.82) is 0 Å². The van der Waals surface area contributed by atoms with Crippen LogP contribution in [0, 0.1) is 46.8 Å². The fraction of sp³-hybridized carbons (Fsp3) is 0.667. The average molecular weight is 482 g/mol. The predicted octanol–water partition coefficient (Wildman–Crippen LogP) is 7.41. The number of rotatable bonds is 6. The summed E-state index contributed by atoms with van der Waals surface area (Å²) < 4.78 is 110. The van der Waals surface area contributed by atoms with E-state index in [0.29, 0.717) is 12.3 Å². The van der Waals surface area contributed by atoms with Crippen molar-refractivity contribution in [2.24, 2.45) is 17.8 Å². The number of hydrogen-bond acceptors (Lipinski definition) is 2. The van der Waals surface area contributed by atoms with E-state index in [4.69, 9.17) is 9.47 Å². The highest BCUT2D eigenvalue weighted by molar-refractivity contribution is 5.36. The predicted molar refractivity (Wildman–Crippen MR) is 108 cm³/mol. The van der Waals surface area contributed by atoms with Crippen molar-refractivity contribution >= 4 is 0 Å². The second kappa shape index (κ2) is 10.8. The highest BCUT2D eigenvalue weighted by Gasteiger charge is 2.50. The van der Waals surface area contributed by atoms with Crippen LogP contribution in [0.1, 0.15) is 64.4 Å². The largest absolute Gasteiger partial charge is 0.342 e. The van der Waals surface area contributed by atoms with Crippen LogP contribution in [-0.2, 0) is 15.3 Å². The van der Waals surface area contributed by atoms with Gasteiger partial charge < -0.3 is 9.47 Å². The second-order valence-electron chi connectivity index (χ2n) is 8.98. The van der Waals surface area contributed by atoms with Crippen LogP contribution in [0.5, 0.6) is 0 Å². The Balaban J connectivity index is 1.99. The van der Waals surface area contributed by atoms with Crippen LogP contribution >= 0.6 is 0 Å². The van der Waals surface area contributed by atoms with Gasteiger partial charge in [-0.25, -0.2) is 30.7 Å². The van der Waals surface area contributed by atoms with Gasteiger partial charge in [-0.2, -0.15) is 0 Å². The topological polar surface area (TPSA) is 18.5 Å². The maximum absolute atomic E-state index is 14.7. The first-order valence-electron chi connectivity index (χ1n) is 11.4. The molecule has 1 saturated heterocycles. The molecule has 2 aliphatic rings. The molecule has 186 valence electrons. The molecule has 1 heterocycles. The summed E-state index contributed by atoms with van der Waals surface area (Å²) in [6.45, 7) is 0.918. The van der Waals surface area contributed by atoms with E-state index >= 15 is 0 Å². The fourth-order valence-electron chi connectivity index (χ4n) is 5.20. The number of allylic oxidation sites excluding steroid dienone is 1. The number of hydrogen-bond donors (Lipinski definition) is 0. The Hall–Kier alpha value is -1.61. The van der Waals surface area contributed by atoms with Gasteiger partial charge in [-0.15, -0.1) is 0 Å². The van der Waals surface area contributed by atoms with Crippen molar-refractivity contribution in [2.45, 2.75) is 64.6 Å². The van der Waals surface area contributed by atoms with Gasteiger partial charge in [0.15, 0.2) is 23.3 Å². The van der Waals surface area contributed by atoms with Gasteiger partial charge in [-0.05, 0) is 43.9 Å². The lowest BCUT2D eigenvalue weighted by Gasteiger charge is -2.36. The highest BCUT2D eigenvalue weighted by atomic mass is 19.2. The molecule has 0 radical (unpaired) electrons. The van der Waals surface area contributed by atoms with Crippen molar-refractivity contribution in [2.75, 3.05) is 19.9 Å². The Morgan fingerprint density at radius 3 is 1.94 bits per heavy atom. The van der Waals surface area contributed by atoms with Gasteiger partial charge in [0.25, 0.3) is 0 Å². The molecule has 9 heteroatoms. The third-order valence-corrected chi connectivity index (χ3v) is 7.04. The van der Waals surface area contributed by atoms with E-state index in [1.807, 2.05) is 0 Å². The molecule has 2 fully saturated rings. The van der Waals surface area contributed by atoms with Gasteiger partial charge in [0.1, 0.15) is 12.5 Å². The molecule has 0 N–H and O–H groups in total. The molecule has 2 nitrogen and oxygen atoms in total. The Morgan fingerprint density at radius 1 is 0.848 bits per heavy atom. The van der Waals surface area contributed by atoms with Crippen molar-refractivity contribution in [1.82, 2.24) is 0 Å². The zero-order chi connectivity index (χ0) is 24.3. The minimum Gasteiger partial charge on any atom is -0.342 e. The smallest absolute Gasteiger partial charge is 0.229 e. The number of alkyl halides is 1. The molecule has 33 heavy (non-hydrogen) atoms. The minimum absolute atomic E-state index is 0.142. The standard InChI is InChI=1S/C24H29F7O2/c1-3-4-14-5-7-15(8-6-14)16-9-10-32-24(33-12-16,17(11-25)13(2)26)18-19(27)21(29)23(31)22(30)20(18)28/h14-16H,3-12H2,1-2H3/b17-13-. The lowest BCUT2D eigenvalue weighted by Crippen LogP contribution is -2.39. The normalized spacial score (nSPS) is 29.5. The van der Waals surface area contributed by atoms with Crippen LogP contribution in [0.25, 0.3) is 0 Å². The summed E-state index contributed by atoms with van der Waals surface area (Å²) >= 11 is 0. The summed E-state index contributed by atoms with van der Waals surface area (Å²) in [7, 11) is 0. The first-order valence-corrected chi connectivity index (χ1v) is 11.4. The van der Waals surface area contributed by atoms with Gasteiger partial charge in [-0.1, -0.05) is 32.6 Å². The number of halogens is 7. The van der Waals surface area contributed by atoms with E-state index < -0.39 is 58.5 Å². The molecule has 1 aromatic carbocycles. The summed E-state index contributed by atoms with van der Waals surface area (Å²) in [6.07, 6.45) is 6.47. The van der Waals surface area contributed by atoms with Crippen LogP contribution < -0.4 is 0 Å². The number of ether oxygens (including phenoxy) is 2. The molecule has 1 aliphatic carbocycles. The zero-order valence-electron chi connectivity index (χ0n) is 18.8. The summed E-state index contributed by atoms with van der Waals surface area (Å²) in [4.78, 5) is 0. The van der Waals surface area contributed by atoms with Crippen LogP contribution in [0.4, 0.5) is 30.7 Å². The summed E-state index contributed by atoms with van der Waals surface area (Å²) in [5.74, 6) is -14.7. The van der Waals surface area contributed by atoms with Gasteiger partial charge in [0, 0.05) is 0 Å². The maximum Gasteiger partial charge on any atom is 0.229 e. The molecule has 0 spiro atoms. The molecule has 2 atom stereocenters. The van der Waals surface area contributed by atoms with Gasteiger partial charge in [0.2, 0.25) is 11.6 Å². The van der Waals surface area contributed by atoms with Gasteiger partial charge >= 0.3 is 0 Å². The average Bonchev–Trinajstić information content (AvgIpc) is 3.01. The lowest BCUT2D eigenvalue weighted by molar-refractivity contribution is -0.217. The summed E-state index contributed by atoms with van der Waals surface area (Å²) in [6, 6.07) is 0. The van der Waals surface area contributed by atoms with Crippen molar-refractivity contribution in [3.05, 3.63) is 46.0 Å². The molecule has 1 aliphatic heterocycles. The molecule has 3 rings (SSSR count). The van der Waals surface area contributed by atoms with E-state index in [-0.39, 0.29) is 25.0 Å². The van der Waals surface area contributed by atoms with E-state index in [1.165, 1.54) is 0 Å². The maximum atomic E-state index is 14.7. The Bertz CT molecular complexity index is 847. The Morgan fingerprint density at radius 2 is 1.42 bits per heavy atom. The molecule has 0 bridgehead atoms. The minimum atomic E-state index is -2.90. The summed E-state index contributed by atoms with van der Waals surface area (Å²) in [5, 5.41) is 0. The molecule has 1 aromatic rings. The third kappa shape index (κ3) is 4.94. The second-order valence-corrected chi connectivity index (χ2v) is 8.98. The van der Waals surface area contributed by atoms with Crippen LogP contribution in [0.3, 0.4) is 0 Å². The molecule has 1 saturated carbocycles. The van der Waals surface area contributed by atoms with E-state index in [9.17, 15) is 30.7 Å². The molecular weight excluding hydrogens is 453 g/mol. The molecule has 0 amide bonds. The van der Waals surface area contributed by atoms with Crippen LogP contribution in [0.15, 0.2) is 11.4 Å². The number of benzene rings is 1. The van der Waals surface area contributed by atoms with Gasteiger partial charge in [0.05, 0.1) is 24.4 Å². The van der Waals surface area contributed by atoms with Crippen molar-refractivity contribution in [3.63, 3.8) is 0 Å². The Labute approximate surface area is 189 Å². The van der Waals surface area contributed by atoms with E-state index in [1.54, 1.807) is 0 Å². The molecule has 2 unspecified atom stereocenters. The monoisotopic (exact) mass is 482 g/mol. The Kier molecular flexibility index (Phi) is 8.48. The van der Waals surface area contributed by atoms with Crippen molar-refractivity contribution < 1.29 is 40.2 Å². The third-order valence-electron chi connectivity index (χ3n) is 7.04. The van der Waals surface area contributed by atoms with Crippen LogP contribution in [-0.4, -0.2) is 19.9 Å². The van der Waals surface area contributed by atoms with Crippen LogP contribution in [0.2, 0.25) is 0 Å².